The van der Waals surface area contributed by atoms with E-state index in [1.165, 1.54) is 37.8 Å². The molecule has 1 fully saturated rings. The molecule has 0 radical (unpaired) electrons. The molecule has 20 heavy (non-hydrogen) atoms. The van der Waals surface area contributed by atoms with Gasteiger partial charge in [0, 0.05) is 38.4 Å². The third-order valence-corrected chi connectivity index (χ3v) is 3.97. The van der Waals surface area contributed by atoms with E-state index in [1.54, 1.807) is 0 Å². The van der Waals surface area contributed by atoms with E-state index in [0.29, 0.717) is 6.04 Å². The Bertz CT molecular complexity index is 400. The number of ether oxygens (including phenoxy) is 1. The lowest BCUT2D eigenvalue weighted by molar-refractivity contribution is 0.205. The Morgan fingerprint density at radius 3 is 2.70 bits per heavy atom. The highest BCUT2D eigenvalue weighted by Crippen LogP contribution is 2.21. The fraction of sp³-hybridized carbons (Fsp3) is 0.647. The van der Waals surface area contributed by atoms with E-state index in [2.05, 4.69) is 29.3 Å². The second-order valence-corrected chi connectivity index (χ2v) is 6.06. The molecule has 112 valence electrons. The molecule has 0 amide bonds. The van der Waals surface area contributed by atoms with Crippen LogP contribution in [0.3, 0.4) is 0 Å². The quantitative estimate of drug-likeness (QED) is 0.861. The zero-order valence-corrected chi connectivity index (χ0v) is 13.1. The maximum Gasteiger partial charge on any atom is 0.121 e. The Morgan fingerprint density at radius 2 is 2.00 bits per heavy atom. The number of anilines is 1. The number of hydrogen-bond acceptors (Lipinski definition) is 3. The Morgan fingerprint density at radius 1 is 1.25 bits per heavy atom. The van der Waals surface area contributed by atoms with Crippen molar-refractivity contribution in [3.63, 3.8) is 0 Å². The van der Waals surface area contributed by atoms with Crippen LogP contribution in [0.5, 0.6) is 5.75 Å². The number of hydrogen-bond donors (Lipinski definition) is 1. The molecule has 0 aromatic heterocycles. The van der Waals surface area contributed by atoms with Crippen LogP contribution in [-0.2, 0) is 0 Å². The van der Waals surface area contributed by atoms with Gasteiger partial charge >= 0.3 is 0 Å². The van der Waals surface area contributed by atoms with Gasteiger partial charge in [0.2, 0.25) is 0 Å². The predicted molar refractivity (Wildman–Crippen MR) is 85.7 cm³/mol. The summed E-state index contributed by atoms with van der Waals surface area (Å²) < 4.78 is 6.01. The summed E-state index contributed by atoms with van der Waals surface area (Å²) in [5.74, 6) is 0.953. The van der Waals surface area contributed by atoms with Crippen LogP contribution in [0.25, 0.3) is 0 Å². The van der Waals surface area contributed by atoms with Crippen molar-refractivity contribution in [2.75, 3.05) is 25.5 Å². The van der Waals surface area contributed by atoms with Crippen molar-refractivity contribution in [1.29, 1.82) is 0 Å². The van der Waals surface area contributed by atoms with Gasteiger partial charge < -0.3 is 15.0 Å². The zero-order valence-electron chi connectivity index (χ0n) is 13.1. The zero-order chi connectivity index (χ0) is 14.4. The molecule has 1 aromatic carbocycles. The first-order chi connectivity index (χ1) is 9.65. The molecule has 0 aliphatic heterocycles. The van der Waals surface area contributed by atoms with Crippen molar-refractivity contribution in [1.82, 2.24) is 5.32 Å². The van der Waals surface area contributed by atoms with E-state index in [4.69, 9.17) is 4.74 Å². The van der Waals surface area contributed by atoms with E-state index < -0.39 is 0 Å². The van der Waals surface area contributed by atoms with Gasteiger partial charge in [-0.15, -0.1) is 0 Å². The molecule has 1 aliphatic rings. The third kappa shape index (κ3) is 4.71. The Hall–Kier alpha value is -1.22. The van der Waals surface area contributed by atoms with Crippen molar-refractivity contribution in [3.05, 3.63) is 24.3 Å². The maximum absolute atomic E-state index is 6.01. The summed E-state index contributed by atoms with van der Waals surface area (Å²) in [6.07, 6.45) is 7.00. The molecule has 1 aliphatic carbocycles. The van der Waals surface area contributed by atoms with E-state index >= 15 is 0 Å². The lowest BCUT2D eigenvalue weighted by atomic mass is 9.95. The highest BCUT2D eigenvalue weighted by atomic mass is 16.5. The average molecular weight is 276 g/mol. The fourth-order valence-electron chi connectivity index (χ4n) is 2.75. The summed E-state index contributed by atoms with van der Waals surface area (Å²) in [6, 6.07) is 8.97. The summed E-state index contributed by atoms with van der Waals surface area (Å²) in [5.41, 5.74) is 1.18. The average Bonchev–Trinajstić information content (AvgIpc) is 2.46. The van der Waals surface area contributed by atoms with E-state index in [0.717, 1.165) is 12.3 Å². The molecule has 3 nitrogen and oxygen atoms in total. The van der Waals surface area contributed by atoms with Gasteiger partial charge in [-0.2, -0.15) is 0 Å². The minimum atomic E-state index is 0.203. The van der Waals surface area contributed by atoms with Crippen LogP contribution in [0.1, 0.15) is 39.0 Å². The summed E-state index contributed by atoms with van der Waals surface area (Å²) in [7, 11) is 4.10. The highest BCUT2D eigenvalue weighted by Gasteiger charge is 2.14. The minimum Gasteiger partial charge on any atom is -0.489 e. The van der Waals surface area contributed by atoms with Crippen LogP contribution in [0, 0.1) is 0 Å². The van der Waals surface area contributed by atoms with Crippen molar-refractivity contribution in [3.8, 4) is 5.75 Å². The van der Waals surface area contributed by atoms with Gasteiger partial charge in [-0.3, -0.25) is 0 Å². The van der Waals surface area contributed by atoms with E-state index in [9.17, 15) is 0 Å². The minimum absolute atomic E-state index is 0.203. The molecule has 1 unspecified atom stereocenters. The van der Waals surface area contributed by atoms with Crippen LogP contribution in [-0.4, -0.2) is 32.8 Å². The van der Waals surface area contributed by atoms with Gasteiger partial charge in [0.25, 0.3) is 0 Å². The summed E-state index contributed by atoms with van der Waals surface area (Å²) >= 11 is 0. The number of benzene rings is 1. The molecule has 2 rings (SSSR count). The van der Waals surface area contributed by atoms with Gasteiger partial charge in [0.15, 0.2) is 0 Å². The lowest BCUT2D eigenvalue weighted by Crippen LogP contribution is -2.37. The molecule has 0 spiro atoms. The topological polar surface area (TPSA) is 24.5 Å². The Balaban J connectivity index is 1.78. The van der Waals surface area contributed by atoms with Crippen molar-refractivity contribution >= 4 is 5.69 Å². The van der Waals surface area contributed by atoms with Gasteiger partial charge in [-0.25, -0.2) is 0 Å². The monoisotopic (exact) mass is 276 g/mol. The lowest BCUT2D eigenvalue weighted by Gasteiger charge is -2.25. The molecule has 0 heterocycles. The first kappa shape index (κ1) is 15.2. The number of nitrogens with one attached hydrogen (secondary N) is 1. The molecular formula is C17H28N2O. The number of nitrogens with zero attached hydrogens (tertiary/aromatic N) is 1. The third-order valence-electron chi connectivity index (χ3n) is 3.97. The summed E-state index contributed by atoms with van der Waals surface area (Å²) in [5, 5.41) is 3.64. The summed E-state index contributed by atoms with van der Waals surface area (Å²) in [4.78, 5) is 2.10. The molecule has 1 saturated carbocycles. The fourth-order valence-corrected chi connectivity index (χ4v) is 2.75. The van der Waals surface area contributed by atoms with E-state index in [1.807, 2.05) is 26.2 Å². The molecule has 1 atom stereocenters. The van der Waals surface area contributed by atoms with Crippen LogP contribution in [0.4, 0.5) is 5.69 Å². The molecule has 3 heteroatoms. The van der Waals surface area contributed by atoms with Crippen molar-refractivity contribution in [2.24, 2.45) is 0 Å². The van der Waals surface area contributed by atoms with Crippen LogP contribution in [0.2, 0.25) is 0 Å². The molecule has 1 N–H and O–H groups in total. The van der Waals surface area contributed by atoms with Crippen LogP contribution < -0.4 is 15.0 Å². The van der Waals surface area contributed by atoms with Crippen molar-refractivity contribution < 1.29 is 4.74 Å². The first-order valence-corrected chi connectivity index (χ1v) is 7.82. The van der Waals surface area contributed by atoms with E-state index in [-0.39, 0.29) is 6.10 Å². The predicted octanol–water partition coefficient (Wildman–Crippen LogP) is 3.44. The van der Waals surface area contributed by atoms with Gasteiger partial charge in [0.05, 0.1) is 0 Å². The largest absolute Gasteiger partial charge is 0.489 e. The van der Waals surface area contributed by atoms with Gasteiger partial charge in [-0.05, 0) is 31.9 Å². The normalized spacial score (nSPS) is 17.8. The maximum atomic E-state index is 6.01. The van der Waals surface area contributed by atoms with Crippen LogP contribution >= 0.6 is 0 Å². The second kappa shape index (κ2) is 7.53. The highest BCUT2D eigenvalue weighted by molar-refractivity contribution is 5.49. The molecule has 0 saturated heterocycles. The molecular weight excluding hydrogens is 248 g/mol. The number of rotatable bonds is 6. The first-order valence-electron chi connectivity index (χ1n) is 7.82. The standard InChI is InChI=1S/C17H28N2O/c1-14(13-18-15-8-5-4-6-9-15)20-17-11-7-10-16(12-17)19(2)3/h7,10-12,14-15,18H,4-6,8-9,13H2,1-3H3. The molecule has 0 bridgehead atoms. The van der Waals surface area contributed by atoms with Gasteiger partial charge in [0.1, 0.15) is 11.9 Å². The summed E-state index contributed by atoms with van der Waals surface area (Å²) in [6.45, 7) is 3.06. The second-order valence-electron chi connectivity index (χ2n) is 6.06. The Kier molecular flexibility index (Phi) is 5.72. The smallest absolute Gasteiger partial charge is 0.121 e. The van der Waals surface area contributed by atoms with Crippen LogP contribution in [0.15, 0.2) is 24.3 Å². The SMILES string of the molecule is CC(CNC1CCCCC1)Oc1cccc(N(C)C)c1. The van der Waals surface area contributed by atoms with Crippen molar-refractivity contribution in [2.45, 2.75) is 51.2 Å². The van der Waals surface area contributed by atoms with Gasteiger partial charge in [-0.1, -0.05) is 25.3 Å². The Labute approximate surface area is 123 Å². The molecule has 1 aromatic rings.